The molecule has 92 valence electrons. The van der Waals surface area contributed by atoms with Crippen LogP contribution in [0.5, 0.6) is 5.75 Å². The Hall–Kier alpha value is -1.62. The van der Waals surface area contributed by atoms with E-state index < -0.39 is 23.3 Å². The van der Waals surface area contributed by atoms with Crippen LogP contribution in [-0.4, -0.2) is 29.4 Å². The van der Waals surface area contributed by atoms with Crippen LogP contribution in [0.1, 0.15) is 18.4 Å². The van der Waals surface area contributed by atoms with Gasteiger partial charge in [0.15, 0.2) is 11.6 Å². The molecule has 2 N–H and O–H groups in total. The quantitative estimate of drug-likeness (QED) is 0.836. The van der Waals surface area contributed by atoms with Crippen LogP contribution in [-0.2, 0) is 10.2 Å². The normalized spacial score (nSPS) is 27.4. The molecule has 0 saturated heterocycles. The third-order valence-electron chi connectivity index (χ3n) is 3.28. The van der Waals surface area contributed by atoms with E-state index in [4.69, 9.17) is 4.74 Å². The molecule has 1 aromatic carbocycles. The van der Waals surface area contributed by atoms with Crippen LogP contribution in [0, 0.1) is 5.82 Å². The maximum atomic E-state index is 13.5. The third kappa shape index (κ3) is 1.76. The number of halogens is 1. The lowest BCUT2D eigenvalue weighted by Crippen LogP contribution is -2.50. The van der Waals surface area contributed by atoms with Crippen molar-refractivity contribution in [3.63, 3.8) is 0 Å². The van der Waals surface area contributed by atoms with Crippen LogP contribution < -0.4 is 4.74 Å². The van der Waals surface area contributed by atoms with Gasteiger partial charge in [0.05, 0.1) is 18.6 Å². The zero-order valence-corrected chi connectivity index (χ0v) is 9.31. The molecular weight excluding hydrogens is 227 g/mol. The van der Waals surface area contributed by atoms with Gasteiger partial charge in [-0.1, -0.05) is 6.07 Å². The number of aliphatic hydroxyl groups excluding tert-OH is 1. The Kier molecular flexibility index (Phi) is 2.79. The van der Waals surface area contributed by atoms with Crippen LogP contribution in [0.2, 0.25) is 0 Å². The average molecular weight is 240 g/mol. The summed E-state index contributed by atoms with van der Waals surface area (Å²) >= 11 is 0. The molecule has 4 nitrogen and oxygen atoms in total. The molecule has 0 atom stereocenters. The molecule has 0 heterocycles. The number of carboxylic acid groups (broad SMARTS) is 1. The van der Waals surface area contributed by atoms with Gasteiger partial charge in [-0.05, 0) is 30.5 Å². The van der Waals surface area contributed by atoms with Gasteiger partial charge < -0.3 is 14.9 Å². The zero-order chi connectivity index (χ0) is 12.6. The third-order valence-corrected chi connectivity index (χ3v) is 3.28. The van der Waals surface area contributed by atoms with E-state index in [-0.39, 0.29) is 18.6 Å². The molecule has 0 spiro atoms. The minimum atomic E-state index is -1.16. The summed E-state index contributed by atoms with van der Waals surface area (Å²) in [4.78, 5) is 11.3. The molecule has 1 fully saturated rings. The molecule has 0 amide bonds. The Morgan fingerprint density at radius 1 is 1.53 bits per heavy atom. The second kappa shape index (κ2) is 4.00. The highest BCUT2D eigenvalue weighted by molar-refractivity contribution is 5.83. The molecular formula is C12H13FO4. The van der Waals surface area contributed by atoms with Crippen molar-refractivity contribution < 1.29 is 24.1 Å². The monoisotopic (exact) mass is 240 g/mol. The number of ether oxygens (including phenoxy) is 1. The Bertz CT molecular complexity index is 452. The molecule has 0 aliphatic heterocycles. The molecule has 5 heteroatoms. The predicted molar refractivity (Wildman–Crippen MR) is 57.5 cm³/mol. The van der Waals surface area contributed by atoms with Gasteiger partial charge in [0.25, 0.3) is 0 Å². The van der Waals surface area contributed by atoms with Crippen LogP contribution in [0.3, 0.4) is 0 Å². The van der Waals surface area contributed by atoms with E-state index in [0.717, 1.165) is 0 Å². The van der Waals surface area contributed by atoms with Gasteiger partial charge >= 0.3 is 5.97 Å². The van der Waals surface area contributed by atoms with Gasteiger partial charge in [0, 0.05) is 0 Å². The van der Waals surface area contributed by atoms with Crippen molar-refractivity contribution in [1.82, 2.24) is 0 Å². The molecule has 1 saturated carbocycles. The van der Waals surface area contributed by atoms with Gasteiger partial charge in [-0.3, -0.25) is 4.79 Å². The van der Waals surface area contributed by atoms with Crippen molar-refractivity contribution >= 4 is 5.97 Å². The fourth-order valence-corrected chi connectivity index (χ4v) is 2.24. The first-order valence-corrected chi connectivity index (χ1v) is 5.25. The second-order valence-corrected chi connectivity index (χ2v) is 4.30. The Labute approximate surface area is 97.6 Å². The number of methoxy groups -OCH3 is 1. The zero-order valence-electron chi connectivity index (χ0n) is 9.31. The molecule has 1 aliphatic rings. The maximum Gasteiger partial charge on any atom is 0.314 e. The topological polar surface area (TPSA) is 66.8 Å². The Balaban J connectivity index is 2.39. The van der Waals surface area contributed by atoms with Gasteiger partial charge in [0.2, 0.25) is 0 Å². The van der Waals surface area contributed by atoms with E-state index >= 15 is 0 Å². The van der Waals surface area contributed by atoms with Crippen molar-refractivity contribution in [3.05, 3.63) is 29.6 Å². The van der Waals surface area contributed by atoms with Crippen molar-refractivity contribution in [2.45, 2.75) is 24.4 Å². The lowest BCUT2D eigenvalue weighted by molar-refractivity contribution is -0.152. The molecule has 1 aromatic rings. The van der Waals surface area contributed by atoms with Crippen molar-refractivity contribution in [1.29, 1.82) is 0 Å². The van der Waals surface area contributed by atoms with Crippen LogP contribution in [0.4, 0.5) is 4.39 Å². The highest BCUT2D eigenvalue weighted by atomic mass is 19.1. The largest absolute Gasteiger partial charge is 0.494 e. The van der Waals surface area contributed by atoms with E-state index in [2.05, 4.69) is 0 Å². The van der Waals surface area contributed by atoms with E-state index in [0.29, 0.717) is 5.56 Å². The first-order chi connectivity index (χ1) is 7.99. The fraction of sp³-hybridized carbons (Fsp3) is 0.417. The van der Waals surface area contributed by atoms with Crippen molar-refractivity contribution in [2.24, 2.45) is 0 Å². The summed E-state index contributed by atoms with van der Waals surface area (Å²) in [6.07, 6.45) is -0.390. The molecule has 0 radical (unpaired) electrons. The summed E-state index contributed by atoms with van der Waals surface area (Å²) < 4.78 is 18.3. The SMILES string of the molecule is COc1ccc(C2(C(=O)O)CC(O)C2)cc1F. The highest BCUT2D eigenvalue weighted by Gasteiger charge is 2.51. The van der Waals surface area contributed by atoms with E-state index in [9.17, 15) is 19.4 Å². The number of carbonyl (C=O) groups is 1. The first-order valence-electron chi connectivity index (χ1n) is 5.25. The van der Waals surface area contributed by atoms with E-state index in [1.807, 2.05) is 0 Å². The van der Waals surface area contributed by atoms with Gasteiger partial charge in [-0.2, -0.15) is 0 Å². The number of benzene rings is 1. The smallest absolute Gasteiger partial charge is 0.314 e. The Morgan fingerprint density at radius 3 is 2.59 bits per heavy atom. The van der Waals surface area contributed by atoms with E-state index in [1.165, 1.54) is 25.3 Å². The van der Waals surface area contributed by atoms with Gasteiger partial charge in [-0.15, -0.1) is 0 Å². The lowest BCUT2D eigenvalue weighted by atomic mass is 9.63. The summed E-state index contributed by atoms with van der Waals surface area (Å²) in [6, 6.07) is 4.10. The minimum Gasteiger partial charge on any atom is -0.494 e. The van der Waals surface area contributed by atoms with Gasteiger partial charge in [-0.25, -0.2) is 4.39 Å². The number of carboxylic acids is 1. The number of hydrogen-bond acceptors (Lipinski definition) is 3. The number of aliphatic carboxylic acids is 1. The van der Waals surface area contributed by atoms with E-state index in [1.54, 1.807) is 0 Å². The molecule has 0 unspecified atom stereocenters. The van der Waals surface area contributed by atoms with Gasteiger partial charge in [0.1, 0.15) is 0 Å². The second-order valence-electron chi connectivity index (χ2n) is 4.30. The fourth-order valence-electron chi connectivity index (χ4n) is 2.24. The molecule has 2 rings (SSSR count). The Morgan fingerprint density at radius 2 is 2.18 bits per heavy atom. The maximum absolute atomic E-state index is 13.5. The summed E-state index contributed by atoms with van der Waals surface area (Å²) in [5.74, 6) is -1.55. The summed E-state index contributed by atoms with van der Waals surface area (Å²) in [5.41, 5.74) is -0.791. The average Bonchev–Trinajstić information content (AvgIpc) is 2.24. The predicted octanol–water partition coefficient (Wildman–Crippen LogP) is 1.31. The number of aliphatic hydroxyl groups is 1. The number of rotatable bonds is 3. The molecule has 0 bridgehead atoms. The standard InChI is InChI=1S/C12H13FO4/c1-17-10-3-2-7(4-9(10)13)12(11(15)16)5-8(14)6-12/h2-4,8,14H,5-6H2,1H3,(H,15,16). The molecule has 17 heavy (non-hydrogen) atoms. The summed E-state index contributed by atoms with van der Waals surface area (Å²) in [7, 11) is 1.35. The van der Waals surface area contributed by atoms with Crippen LogP contribution in [0.15, 0.2) is 18.2 Å². The molecule has 0 aromatic heterocycles. The summed E-state index contributed by atoms with van der Waals surface area (Å²) in [6.45, 7) is 0. The van der Waals surface area contributed by atoms with Crippen LogP contribution >= 0.6 is 0 Å². The van der Waals surface area contributed by atoms with Crippen molar-refractivity contribution in [3.8, 4) is 5.75 Å². The summed E-state index contributed by atoms with van der Waals surface area (Å²) in [5, 5.41) is 18.5. The lowest BCUT2D eigenvalue weighted by Gasteiger charge is -2.42. The first kappa shape index (κ1) is 11.9. The molecule has 1 aliphatic carbocycles. The van der Waals surface area contributed by atoms with Crippen molar-refractivity contribution in [2.75, 3.05) is 7.11 Å². The minimum absolute atomic E-state index is 0.0779. The van der Waals surface area contributed by atoms with Crippen LogP contribution in [0.25, 0.3) is 0 Å². The number of hydrogen-bond donors (Lipinski definition) is 2. The highest BCUT2D eigenvalue weighted by Crippen LogP contribution is 2.44.